The highest BCUT2D eigenvalue weighted by Gasteiger charge is 2.25. The summed E-state index contributed by atoms with van der Waals surface area (Å²) in [7, 11) is 0. The van der Waals surface area contributed by atoms with Crippen LogP contribution in [0.4, 0.5) is 0 Å². The largest absolute Gasteiger partial charge is 0.0541 e. The second-order valence-corrected chi connectivity index (χ2v) is 10.7. The molecule has 0 unspecified atom stereocenters. The van der Waals surface area contributed by atoms with E-state index < -0.39 is 0 Å². The Labute approximate surface area is 196 Å². The van der Waals surface area contributed by atoms with E-state index in [1.807, 2.05) is 0 Å². The lowest BCUT2D eigenvalue weighted by Gasteiger charge is -2.22. The molecule has 0 fully saturated rings. The molecule has 0 saturated heterocycles. The molecule has 2 aromatic carbocycles. The fourth-order valence-corrected chi connectivity index (χ4v) is 7.26. The molecule has 0 spiro atoms. The number of rotatable bonds is 2. The molecule has 0 N–H and O–H groups in total. The Bertz CT molecular complexity index is 637. The minimum absolute atomic E-state index is 0.0944. The smallest absolute Gasteiger partial charge is 0.0411 e. The van der Waals surface area contributed by atoms with E-state index in [-0.39, 0.29) is 5.92 Å². The highest BCUT2D eigenvalue weighted by Crippen LogP contribution is 2.48. The van der Waals surface area contributed by atoms with Crippen LogP contribution < -0.4 is 0 Å². The molecule has 2 rings (SSSR count). The van der Waals surface area contributed by atoms with Gasteiger partial charge >= 0.3 is 0 Å². The third-order valence-electron chi connectivity index (χ3n) is 3.02. The standard InChI is InChI=1S/C14H4Br8/c1-4(9-11(19)5(15)2-6(16)12(9)20)10-13(21)7(17)3-8(18)14(10)22/h4H,1H3. The molecule has 0 amide bonds. The molecule has 0 aromatic heterocycles. The molecule has 0 bridgehead atoms. The quantitative estimate of drug-likeness (QED) is 0.266. The van der Waals surface area contributed by atoms with Crippen molar-refractivity contribution in [1.29, 1.82) is 0 Å². The molecule has 0 aliphatic heterocycles. The van der Waals surface area contributed by atoms with Gasteiger partial charge in [-0.1, -0.05) is 6.92 Å². The molecular weight excluding hydrogens is 807 g/mol. The van der Waals surface area contributed by atoms with Gasteiger partial charge in [0.05, 0.1) is 0 Å². The molecule has 0 nitrogen and oxygen atoms in total. The van der Waals surface area contributed by atoms with Crippen LogP contribution in [0.2, 0.25) is 0 Å². The maximum atomic E-state index is 3.66. The van der Waals surface area contributed by atoms with Crippen molar-refractivity contribution in [3.05, 3.63) is 59.0 Å². The Hall–Kier alpha value is 2.28. The summed E-state index contributed by atoms with van der Waals surface area (Å²) in [4.78, 5) is 0. The fraction of sp³-hybridized carbons (Fsp3) is 0.143. The van der Waals surface area contributed by atoms with Gasteiger partial charge in [-0.05, 0) is 139 Å². The van der Waals surface area contributed by atoms with Crippen molar-refractivity contribution >= 4 is 127 Å². The SMILES string of the molecule is CC(c1c(Br)c(Br)[c]c(Br)c1Br)c1c(Br)c(Br)[c]c(Br)c1Br. The molecular formula is C14H4Br8. The van der Waals surface area contributed by atoms with Gasteiger partial charge in [-0.2, -0.15) is 0 Å². The van der Waals surface area contributed by atoms with Crippen molar-refractivity contribution in [2.45, 2.75) is 12.8 Å². The van der Waals surface area contributed by atoms with Crippen LogP contribution >= 0.6 is 127 Å². The van der Waals surface area contributed by atoms with E-state index in [2.05, 4.69) is 146 Å². The molecule has 0 saturated carbocycles. The van der Waals surface area contributed by atoms with Gasteiger partial charge in [0.2, 0.25) is 0 Å². The Kier molecular flexibility index (Phi) is 7.78. The minimum atomic E-state index is 0.0944. The highest BCUT2D eigenvalue weighted by molar-refractivity contribution is 9.14. The van der Waals surface area contributed by atoms with Gasteiger partial charge in [0.15, 0.2) is 0 Å². The summed E-state index contributed by atoms with van der Waals surface area (Å²) in [6.45, 7) is 2.15. The second-order valence-electron chi connectivity index (χ2n) is 4.31. The number of hydrogen-bond acceptors (Lipinski definition) is 0. The Morgan fingerprint density at radius 2 is 0.773 bits per heavy atom. The monoisotopic (exact) mass is 803 g/mol. The summed E-state index contributed by atoms with van der Waals surface area (Å²) >= 11 is 28.8. The summed E-state index contributed by atoms with van der Waals surface area (Å²) < 4.78 is 7.36. The number of benzene rings is 2. The maximum Gasteiger partial charge on any atom is 0.0411 e. The van der Waals surface area contributed by atoms with Crippen molar-refractivity contribution in [2.75, 3.05) is 0 Å². The Morgan fingerprint density at radius 1 is 0.545 bits per heavy atom. The van der Waals surface area contributed by atoms with E-state index in [0.29, 0.717) is 0 Å². The van der Waals surface area contributed by atoms with Gasteiger partial charge in [-0.25, -0.2) is 0 Å². The van der Waals surface area contributed by atoms with E-state index >= 15 is 0 Å². The third-order valence-corrected chi connectivity index (χ3v) is 10.8. The van der Waals surface area contributed by atoms with Crippen molar-refractivity contribution in [3.63, 3.8) is 0 Å². The van der Waals surface area contributed by atoms with Gasteiger partial charge in [0.1, 0.15) is 0 Å². The highest BCUT2D eigenvalue weighted by atomic mass is 79.9. The van der Waals surface area contributed by atoms with Crippen LogP contribution in [0.25, 0.3) is 0 Å². The maximum absolute atomic E-state index is 3.66. The first-order valence-electron chi connectivity index (χ1n) is 5.67. The van der Waals surface area contributed by atoms with E-state index in [0.717, 1.165) is 46.9 Å². The summed E-state index contributed by atoms with van der Waals surface area (Å²) in [6, 6.07) is 6.39. The first-order chi connectivity index (χ1) is 10.2. The van der Waals surface area contributed by atoms with E-state index in [9.17, 15) is 0 Å². The van der Waals surface area contributed by atoms with Crippen molar-refractivity contribution in [3.8, 4) is 0 Å². The normalized spacial score (nSPS) is 11.4. The molecule has 0 aliphatic carbocycles. The van der Waals surface area contributed by atoms with Crippen LogP contribution in [-0.4, -0.2) is 0 Å². The topological polar surface area (TPSA) is 0 Å². The van der Waals surface area contributed by atoms with Gasteiger partial charge in [-0.3, -0.25) is 0 Å². The summed E-state index contributed by atoms with van der Waals surface area (Å²) in [6.07, 6.45) is 0. The average molecular weight is 811 g/mol. The lowest BCUT2D eigenvalue weighted by Crippen LogP contribution is -2.03. The third kappa shape index (κ3) is 3.99. The molecule has 116 valence electrons. The molecule has 0 heterocycles. The van der Waals surface area contributed by atoms with E-state index in [1.54, 1.807) is 0 Å². The van der Waals surface area contributed by atoms with Gasteiger partial charge < -0.3 is 0 Å². The van der Waals surface area contributed by atoms with Gasteiger partial charge in [-0.15, -0.1) is 0 Å². The second kappa shape index (κ2) is 8.31. The number of hydrogen-bond donors (Lipinski definition) is 0. The van der Waals surface area contributed by atoms with Crippen molar-refractivity contribution in [1.82, 2.24) is 0 Å². The van der Waals surface area contributed by atoms with Crippen LogP contribution in [0.5, 0.6) is 0 Å². The predicted molar refractivity (Wildman–Crippen MR) is 120 cm³/mol. The first kappa shape index (κ1) is 20.6. The van der Waals surface area contributed by atoms with Crippen molar-refractivity contribution < 1.29 is 0 Å². The summed E-state index contributed by atoms with van der Waals surface area (Å²) in [5, 5.41) is 0. The molecule has 2 aromatic rings. The average Bonchev–Trinajstić information content (AvgIpc) is 2.44. The zero-order valence-corrected chi connectivity index (χ0v) is 23.3. The van der Waals surface area contributed by atoms with Gasteiger partial charge in [0, 0.05) is 53.8 Å². The van der Waals surface area contributed by atoms with Crippen LogP contribution in [0, 0.1) is 12.1 Å². The van der Waals surface area contributed by atoms with Crippen molar-refractivity contribution in [2.24, 2.45) is 0 Å². The van der Waals surface area contributed by atoms with Gasteiger partial charge in [0.25, 0.3) is 0 Å². The zero-order valence-electron chi connectivity index (χ0n) is 10.6. The van der Waals surface area contributed by atoms with E-state index in [4.69, 9.17) is 0 Å². The molecule has 0 aliphatic rings. The summed E-state index contributed by atoms with van der Waals surface area (Å²) in [5.74, 6) is 0.0944. The molecule has 8 heteroatoms. The van der Waals surface area contributed by atoms with E-state index in [1.165, 1.54) is 0 Å². The van der Waals surface area contributed by atoms with Crippen LogP contribution in [-0.2, 0) is 0 Å². The Morgan fingerprint density at radius 3 is 1.00 bits per heavy atom. The minimum Gasteiger partial charge on any atom is -0.0541 e. The lowest BCUT2D eigenvalue weighted by atomic mass is 9.93. The fourth-order valence-electron chi connectivity index (χ4n) is 1.98. The molecule has 22 heavy (non-hydrogen) atoms. The summed E-state index contributed by atoms with van der Waals surface area (Å²) in [5.41, 5.74) is 2.23. The predicted octanol–water partition coefficient (Wildman–Crippen LogP) is 9.54. The lowest BCUT2D eigenvalue weighted by molar-refractivity contribution is 0.889. The van der Waals surface area contributed by atoms with Crippen LogP contribution in [0.3, 0.4) is 0 Å². The molecule has 2 radical (unpaired) electrons. The Balaban J connectivity index is 2.77. The zero-order chi connectivity index (χ0) is 16.8. The van der Waals surface area contributed by atoms with Crippen LogP contribution in [0.1, 0.15) is 24.0 Å². The number of halogens is 8. The molecule has 0 atom stereocenters. The first-order valence-corrected chi connectivity index (χ1v) is 12.0. The van der Waals surface area contributed by atoms with Crippen LogP contribution in [0.15, 0.2) is 35.8 Å².